The monoisotopic (exact) mass is 356 g/mol. The molecule has 0 aromatic carbocycles. The molecule has 0 saturated carbocycles. The number of alkyl halides is 3. The number of ether oxygens (including phenoxy) is 1. The first-order valence-corrected chi connectivity index (χ1v) is 7.18. The Labute approximate surface area is 133 Å². The Morgan fingerprint density at radius 1 is 1.59 bits per heavy atom. The first-order chi connectivity index (χ1) is 10.3. The van der Waals surface area contributed by atoms with Crippen molar-refractivity contribution in [2.24, 2.45) is 5.16 Å². The number of aromatic nitrogens is 1. The summed E-state index contributed by atoms with van der Waals surface area (Å²) in [5.74, 6) is -0.633. The van der Waals surface area contributed by atoms with Gasteiger partial charge in [-0.3, -0.25) is 4.79 Å². The molecule has 0 radical (unpaired) electrons. The minimum absolute atomic E-state index is 0.0512. The molecule has 0 aliphatic carbocycles. The molecular formula is C12H12ClF3N2O3S. The summed E-state index contributed by atoms with van der Waals surface area (Å²) in [6.45, 7) is 1.77. The van der Waals surface area contributed by atoms with Crippen LogP contribution < -0.4 is 0 Å². The summed E-state index contributed by atoms with van der Waals surface area (Å²) in [7, 11) is 1.28. The maximum Gasteiger partial charge on any atom is 0.417 e. The molecule has 0 aliphatic rings. The van der Waals surface area contributed by atoms with E-state index in [2.05, 4.69) is 15.0 Å². The lowest BCUT2D eigenvalue weighted by Crippen LogP contribution is -2.22. The van der Waals surface area contributed by atoms with Crippen molar-refractivity contribution in [3.05, 3.63) is 22.8 Å². The van der Waals surface area contributed by atoms with Crippen molar-refractivity contribution >= 4 is 35.5 Å². The van der Waals surface area contributed by atoms with Gasteiger partial charge in [0.1, 0.15) is 17.4 Å². The van der Waals surface area contributed by atoms with Gasteiger partial charge in [-0.2, -0.15) is 13.2 Å². The van der Waals surface area contributed by atoms with E-state index >= 15 is 0 Å². The third-order valence-electron chi connectivity index (χ3n) is 2.19. The van der Waals surface area contributed by atoms with Crippen LogP contribution in [0.15, 0.2) is 22.4 Å². The zero-order valence-electron chi connectivity index (χ0n) is 11.6. The van der Waals surface area contributed by atoms with Gasteiger partial charge in [0.2, 0.25) is 0 Å². The second-order valence-corrected chi connectivity index (χ2v) is 5.27. The Kier molecular flexibility index (Phi) is 6.95. The van der Waals surface area contributed by atoms with Crippen molar-refractivity contribution in [1.82, 2.24) is 4.98 Å². The smallest absolute Gasteiger partial charge is 0.417 e. The highest BCUT2D eigenvalue weighted by molar-refractivity contribution is 8.01. The molecule has 0 spiro atoms. The van der Waals surface area contributed by atoms with Crippen LogP contribution in [0.2, 0.25) is 5.02 Å². The van der Waals surface area contributed by atoms with Gasteiger partial charge in [-0.1, -0.05) is 28.5 Å². The number of thioether (sulfide) groups is 1. The molecule has 1 aromatic rings. The topological polar surface area (TPSA) is 60.8 Å². The van der Waals surface area contributed by atoms with Crippen LogP contribution in [0, 0.1) is 0 Å². The van der Waals surface area contributed by atoms with Crippen molar-refractivity contribution in [1.29, 1.82) is 0 Å². The third kappa shape index (κ3) is 5.38. The molecule has 1 aromatic heterocycles. The molecule has 10 heteroatoms. The highest BCUT2D eigenvalue weighted by Gasteiger charge is 2.32. The summed E-state index contributed by atoms with van der Waals surface area (Å²) < 4.78 is 42.5. The molecular weight excluding hydrogens is 345 g/mol. The summed E-state index contributed by atoms with van der Waals surface area (Å²) >= 11 is 6.59. The van der Waals surface area contributed by atoms with Gasteiger partial charge in [0.15, 0.2) is 0 Å². The molecule has 22 heavy (non-hydrogen) atoms. The maximum absolute atomic E-state index is 12.5. The highest BCUT2D eigenvalue weighted by Crippen LogP contribution is 2.34. The van der Waals surface area contributed by atoms with Gasteiger partial charge in [0.25, 0.3) is 0 Å². The third-order valence-corrected chi connectivity index (χ3v) is 3.71. The second-order valence-electron chi connectivity index (χ2n) is 3.74. The molecule has 0 saturated heterocycles. The first kappa shape index (κ1) is 18.6. The van der Waals surface area contributed by atoms with E-state index in [1.54, 1.807) is 6.92 Å². The van der Waals surface area contributed by atoms with Crippen LogP contribution in [-0.2, 0) is 20.5 Å². The fraction of sp³-hybridized carbons (Fsp3) is 0.417. The number of oxime groups is 1. The minimum Gasteiger partial charge on any atom is -0.465 e. The highest BCUT2D eigenvalue weighted by atomic mass is 35.5. The molecule has 1 rings (SSSR count). The van der Waals surface area contributed by atoms with Gasteiger partial charge in [-0.15, -0.1) is 0 Å². The summed E-state index contributed by atoms with van der Waals surface area (Å²) in [5.41, 5.74) is -0.972. The van der Waals surface area contributed by atoms with Crippen LogP contribution in [0.3, 0.4) is 0 Å². The van der Waals surface area contributed by atoms with Gasteiger partial charge >= 0.3 is 12.1 Å². The lowest BCUT2D eigenvalue weighted by atomic mass is 10.3. The molecule has 0 N–H and O–H groups in total. The van der Waals surface area contributed by atoms with Crippen molar-refractivity contribution in [2.75, 3.05) is 13.7 Å². The number of hydrogen-bond donors (Lipinski definition) is 0. The maximum atomic E-state index is 12.5. The Bertz CT molecular complexity index is 555. The van der Waals surface area contributed by atoms with Crippen LogP contribution in [0.5, 0.6) is 0 Å². The molecule has 0 fully saturated rings. The summed E-state index contributed by atoms with van der Waals surface area (Å²) in [6.07, 6.45) is -2.75. The quantitative estimate of drug-likeness (QED) is 0.338. The van der Waals surface area contributed by atoms with Crippen molar-refractivity contribution in [3.63, 3.8) is 0 Å². The second kappa shape index (κ2) is 8.23. The van der Waals surface area contributed by atoms with E-state index in [9.17, 15) is 18.0 Å². The molecule has 0 unspecified atom stereocenters. The SMILES string of the molecule is CCOC(=O)[C@@H](/C=N\OC)Sc1ncc(C(F)(F)F)cc1Cl. The van der Waals surface area contributed by atoms with E-state index < -0.39 is 23.0 Å². The number of halogens is 4. The van der Waals surface area contributed by atoms with Crippen LogP contribution in [0.25, 0.3) is 0 Å². The van der Waals surface area contributed by atoms with Crippen LogP contribution >= 0.6 is 23.4 Å². The predicted molar refractivity (Wildman–Crippen MR) is 76.0 cm³/mol. The molecule has 0 aliphatic heterocycles. The first-order valence-electron chi connectivity index (χ1n) is 5.92. The van der Waals surface area contributed by atoms with Crippen LogP contribution in [0.4, 0.5) is 13.2 Å². The number of pyridine rings is 1. The van der Waals surface area contributed by atoms with Crippen molar-refractivity contribution < 1.29 is 27.5 Å². The average molecular weight is 357 g/mol. The van der Waals surface area contributed by atoms with Crippen LogP contribution in [-0.4, -0.2) is 36.1 Å². The minimum atomic E-state index is -4.54. The lowest BCUT2D eigenvalue weighted by Gasteiger charge is -2.12. The molecule has 0 amide bonds. The van der Waals surface area contributed by atoms with E-state index in [-0.39, 0.29) is 16.7 Å². The molecule has 0 bridgehead atoms. The van der Waals surface area contributed by atoms with E-state index in [0.717, 1.165) is 24.0 Å². The number of esters is 1. The average Bonchev–Trinajstić information content (AvgIpc) is 2.44. The fourth-order valence-electron chi connectivity index (χ4n) is 1.27. The Morgan fingerprint density at radius 2 is 2.27 bits per heavy atom. The van der Waals surface area contributed by atoms with Gasteiger partial charge in [-0.05, 0) is 13.0 Å². The largest absolute Gasteiger partial charge is 0.465 e. The number of carbonyl (C=O) groups is 1. The van der Waals surface area contributed by atoms with Crippen LogP contribution in [0.1, 0.15) is 12.5 Å². The number of hydrogen-bond acceptors (Lipinski definition) is 6. The normalized spacial score (nSPS) is 13.2. The summed E-state index contributed by atoms with van der Waals surface area (Å²) in [4.78, 5) is 19.9. The summed E-state index contributed by atoms with van der Waals surface area (Å²) in [5, 5.41) is 2.35. The molecule has 1 atom stereocenters. The molecule has 5 nitrogen and oxygen atoms in total. The summed E-state index contributed by atoms with van der Waals surface area (Å²) in [6, 6.07) is 0.743. The van der Waals surface area contributed by atoms with E-state index in [1.165, 1.54) is 7.11 Å². The predicted octanol–water partition coefficient (Wildman–Crippen LogP) is 3.41. The van der Waals surface area contributed by atoms with Gasteiger partial charge in [0.05, 0.1) is 23.4 Å². The van der Waals surface area contributed by atoms with E-state index in [0.29, 0.717) is 6.20 Å². The number of nitrogens with zero attached hydrogens (tertiary/aromatic N) is 2. The van der Waals surface area contributed by atoms with Crippen molar-refractivity contribution in [3.8, 4) is 0 Å². The zero-order valence-corrected chi connectivity index (χ0v) is 13.1. The Hall–Kier alpha value is -1.48. The van der Waals surface area contributed by atoms with Gasteiger partial charge in [0, 0.05) is 6.20 Å². The Balaban J connectivity index is 2.98. The number of carbonyl (C=O) groups excluding carboxylic acids is 1. The van der Waals surface area contributed by atoms with E-state index in [1.807, 2.05) is 0 Å². The fourth-order valence-corrected chi connectivity index (χ4v) is 2.37. The van der Waals surface area contributed by atoms with E-state index in [4.69, 9.17) is 16.3 Å². The standard InChI is InChI=1S/C12H12ClF3N2O3S/c1-3-21-11(19)9(6-18-20-2)22-10-8(13)4-7(5-17-10)12(14,15)16/h4-6,9H,3H2,1-2H3/b18-6-/t9-/m1/s1. The van der Waals surface area contributed by atoms with Crippen molar-refractivity contribution in [2.45, 2.75) is 23.4 Å². The molecule has 122 valence electrons. The number of rotatable bonds is 6. The molecule has 1 heterocycles. The van der Waals surface area contributed by atoms with Gasteiger partial charge in [-0.25, -0.2) is 4.98 Å². The lowest BCUT2D eigenvalue weighted by molar-refractivity contribution is -0.141. The Morgan fingerprint density at radius 3 is 2.77 bits per heavy atom. The zero-order chi connectivity index (χ0) is 16.8. The van der Waals surface area contributed by atoms with Gasteiger partial charge < -0.3 is 9.57 Å².